The van der Waals surface area contributed by atoms with Gasteiger partial charge in [0.2, 0.25) is 5.75 Å². The summed E-state index contributed by atoms with van der Waals surface area (Å²) < 4.78 is 21.1. The summed E-state index contributed by atoms with van der Waals surface area (Å²) in [5.74, 6) is -0.460. The molecule has 182 valence electrons. The summed E-state index contributed by atoms with van der Waals surface area (Å²) in [5.41, 5.74) is -0.500. The highest BCUT2D eigenvalue weighted by atomic mass is 35.5. The third kappa shape index (κ3) is 4.68. The second-order valence-corrected chi connectivity index (χ2v) is 8.32. The van der Waals surface area contributed by atoms with Crippen molar-refractivity contribution in [1.82, 2.24) is 4.90 Å². The van der Waals surface area contributed by atoms with E-state index in [0.29, 0.717) is 29.2 Å². The third-order valence-electron chi connectivity index (χ3n) is 6.15. The van der Waals surface area contributed by atoms with Crippen molar-refractivity contribution in [2.45, 2.75) is 31.2 Å². The molecule has 1 aliphatic rings. The molecule has 2 aromatic rings. The zero-order chi connectivity index (χ0) is 24.9. The Balaban J connectivity index is 1.83. The van der Waals surface area contributed by atoms with Gasteiger partial charge in [-0.2, -0.15) is 0 Å². The Bertz CT molecular complexity index is 1060. The summed E-state index contributed by atoms with van der Waals surface area (Å²) in [5, 5.41) is 0.409. The molecule has 1 unspecified atom stereocenters. The fourth-order valence-corrected chi connectivity index (χ4v) is 4.64. The number of amides is 1. The minimum atomic E-state index is -1.20. The number of Topliss-reactive ketones (excluding diaryl/α,β-unsaturated/α-hetero) is 1. The fraction of sp³-hybridized carbons (Fsp3) is 0.400. The van der Waals surface area contributed by atoms with Gasteiger partial charge in [-0.15, -0.1) is 0 Å². The number of hydrogen-bond acceptors (Lipinski definition) is 7. The number of ketones is 1. The highest BCUT2D eigenvalue weighted by Crippen LogP contribution is 2.42. The standard InChI is InChI=1S/C25H28ClNO7/c1-27(25(12-8-7-11-21(25)28)17-9-5-6-10-18(17)26)22(29)15-34-24(30)16-13-19(31-2)23(33-4)20(14-16)32-3/h5-6,9-10,13-14H,7-8,11-12,15H2,1-4H3. The van der Waals surface area contributed by atoms with Crippen molar-refractivity contribution in [2.75, 3.05) is 35.0 Å². The Morgan fingerprint density at radius 3 is 2.24 bits per heavy atom. The van der Waals surface area contributed by atoms with Crippen molar-refractivity contribution in [3.05, 3.63) is 52.5 Å². The molecule has 0 aliphatic heterocycles. The topological polar surface area (TPSA) is 91.4 Å². The van der Waals surface area contributed by atoms with Gasteiger partial charge < -0.3 is 23.8 Å². The number of hydrogen-bond donors (Lipinski definition) is 0. The average Bonchev–Trinajstić information content (AvgIpc) is 2.86. The number of ether oxygens (including phenoxy) is 4. The van der Waals surface area contributed by atoms with E-state index in [1.165, 1.54) is 38.4 Å². The molecule has 0 N–H and O–H groups in total. The number of halogens is 1. The summed E-state index contributed by atoms with van der Waals surface area (Å²) in [6.07, 6.45) is 2.30. The highest BCUT2D eigenvalue weighted by Gasteiger charge is 2.48. The lowest BCUT2D eigenvalue weighted by atomic mass is 9.74. The Morgan fingerprint density at radius 1 is 1.03 bits per heavy atom. The predicted molar refractivity (Wildman–Crippen MR) is 126 cm³/mol. The second-order valence-electron chi connectivity index (χ2n) is 7.91. The molecule has 1 saturated carbocycles. The maximum Gasteiger partial charge on any atom is 0.338 e. The predicted octanol–water partition coefficient (Wildman–Crippen LogP) is 4.02. The van der Waals surface area contributed by atoms with Crippen molar-refractivity contribution in [1.29, 1.82) is 0 Å². The molecule has 9 heteroatoms. The first kappa shape index (κ1) is 25.4. The fourth-order valence-electron chi connectivity index (χ4n) is 4.35. The van der Waals surface area contributed by atoms with Gasteiger partial charge in [-0.3, -0.25) is 9.59 Å². The first-order chi connectivity index (χ1) is 16.3. The maximum atomic E-state index is 13.2. The van der Waals surface area contributed by atoms with Crippen LogP contribution < -0.4 is 14.2 Å². The van der Waals surface area contributed by atoms with Gasteiger partial charge in [-0.25, -0.2) is 4.79 Å². The first-order valence-electron chi connectivity index (χ1n) is 10.8. The Hall–Kier alpha value is -3.26. The molecular formula is C25H28ClNO7. The minimum Gasteiger partial charge on any atom is -0.493 e. The van der Waals surface area contributed by atoms with Crippen LogP contribution in [-0.2, 0) is 19.9 Å². The molecule has 1 atom stereocenters. The lowest BCUT2D eigenvalue weighted by Gasteiger charge is -2.43. The highest BCUT2D eigenvalue weighted by molar-refractivity contribution is 6.31. The number of carbonyl (C=O) groups is 3. The van der Waals surface area contributed by atoms with Crippen LogP contribution in [0, 0.1) is 0 Å². The van der Waals surface area contributed by atoms with E-state index in [4.69, 9.17) is 30.5 Å². The molecule has 1 fully saturated rings. The van der Waals surface area contributed by atoms with Crippen molar-refractivity contribution in [3.8, 4) is 17.2 Å². The van der Waals surface area contributed by atoms with Gasteiger partial charge in [-0.1, -0.05) is 29.8 Å². The molecule has 34 heavy (non-hydrogen) atoms. The van der Waals surface area contributed by atoms with Gasteiger partial charge in [0.1, 0.15) is 5.54 Å². The van der Waals surface area contributed by atoms with Gasteiger partial charge >= 0.3 is 5.97 Å². The number of benzene rings is 2. The van der Waals surface area contributed by atoms with Gasteiger partial charge in [-0.05, 0) is 37.5 Å². The Labute approximate surface area is 203 Å². The smallest absolute Gasteiger partial charge is 0.338 e. The lowest BCUT2D eigenvalue weighted by Crippen LogP contribution is -2.55. The van der Waals surface area contributed by atoms with Crippen molar-refractivity contribution >= 4 is 29.3 Å². The zero-order valence-electron chi connectivity index (χ0n) is 19.7. The molecule has 3 rings (SSSR count). The van der Waals surface area contributed by atoms with Crippen LogP contribution >= 0.6 is 11.6 Å². The van der Waals surface area contributed by atoms with E-state index in [9.17, 15) is 14.4 Å². The molecule has 0 radical (unpaired) electrons. The van der Waals surface area contributed by atoms with E-state index < -0.39 is 24.0 Å². The van der Waals surface area contributed by atoms with Crippen LogP contribution in [0.25, 0.3) is 0 Å². The molecule has 0 aromatic heterocycles. The van der Waals surface area contributed by atoms with E-state index >= 15 is 0 Å². The van der Waals surface area contributed by atoms with Crippen LogP contribution in [0.3, 0.4) is 0 Å². The van der Waals surface area contributed by atoms with Crippen molar-refractivity contribution in [2.24, 2.45) is 0 Å². The van der Waals surface area contributed by atoms with Crippen LogP contribution in [0.1, 0.15) is 41.6 Å². The van der Waals surface area contributed by atoms with Crippen LogP contribution in [0.4, 0.5) is 0 Å². The average molecular weight is 490 g/mol. The SMILES string of the molecule is COc1cc(C(=O)OCC(=O)N(C)C2(c3ccccc3Cl)CCCCC2=O)cc(OC)c1OC. The Kier molecular flexibility index (Phi) is 8.04. The van der Waals surface area contributed by atoms with Crippen LogP contribution in [0.2, 0.25) is 5.02 Å². The first-order valence-corrected chi connectivity index (χ1v) is 11.2. The molecule has 1 aliphatic carbocycles. The van der Waals surface area contributed by atoms with Gasteiger partial charge in [0.05, 0.1) is 26.9 Å². The second kappa shape index (κ2) is 10.8. The van der Waals surface area contributed by atoms with Gasteiger partial charge in [0.25, 0.3) is 5.91 Å². The summed E-state index contributed by atoms with van der Waals surface area (Å²) in [6, 6.07) is 9.89. The van der Waals surface area contributed by atoms with E-state index in [0.717, 1.165) is 12.8 Å². The largest absolute Gasteiger partial charge is 0.493 e. The number of nitrogens with zero attached hydrogens (tertiary/aromatic N) is 1. The third-order valence-corrected chi connectivity index (χ3v) is 6.48. The summed E-state index contributed by atoms with van der Waals surface area (Å²) in [7, 11) is 5.86. The molecule has 8 nitrogen and oxygen atoms in total. The number of rotatable bonds is 8. The van der Waals surface area contributed by atoms with E-state index in [1.54, 1.807) is 31.3 Å². The molecule has 1 amide bonds. The molecule has 0 heterocycles. The van der Waals surface area contributed by atoms with E-state index in [1.807, 2.05) is 0 Å². The van der Waals surface area contributed by atoms with E-state index in [-0.39, 0.29) is 22.8 Å². The van der Waals surface area contributed by atoms with Crippen LogP contribution in [0.15, 0.2) is 36.4 Å². The number of carbonyl (C=O) groups excluding carboxylic acids is 3. The number of esters is 1. The molecule has 0 spiro atoms. The summed E-state index contributed by atoms with van der Waals surface area (Å²) >= 11 is 6.44. The molecule has 2 aromatic carbocycles. The Morgan fingerprint density at radius 2 is 1.68 bits per heavy atom. The van der Waals surface area contributed by atoms with Crippen molar-refractivity contribution < 1.29 is 33.3 Å². The zero-order valence-corrected chi connectivity index (χ0v) is 20.4. The maximum absolute atomic E-state index is 13.2. The minimum absolute atomic E-state index is 0.0846. The van der Waals surface area contributed by atoms with Gasteiger partial charge in [0, 0.05) is 24.1 Å². The monoisotopic (exact) mass is 489 g/mol. The summed E-state index contributed by atoms with van der Waals surface area (Å²) in [6.45, 7) is -0.550. The normalized spacial score (nSPS) is 17.6. The van der Waals surface area contributed by atoms with Crippen LogP contribution in [-0.4, -0.2) is 57.5 Å². The van der Waals surface area contributed by atoms with Crippen molar-refractivity contribution in [3.63, 3.8) is 0 Å². The number of methoxy groups -OCH3 is 3. The molecule has 0 bridgehead atoms. The van der Waals surface area contributed by atoms with Gasteiger partial charge in [0.15, 0.2) is 23.9 Å². The van der Waals surface area contributed by atoms with Crippen LogP contribution in [0.5, 0.6) is 17.2 Å². The molecular weight excluding hydrogens is 462 g/mol. The summed E-state index contributed by atoms with van der Waals surface area (Å²) in [4.78, 5) is 40.4. The lowest BCUT2D eigenvalue weighted by molar-refractivity contribution is -0.150. The number of likely N-dealkylation sites (N-methyl/N-ethyl adjacent to an activating group) is 1. The molecule has 0 saturated heterocycles. The van der Waals surface area contributed by atoms with E-state index in [2.05, 4.69) is 0 Å². The quantitative estimate of drug-likeness (QED) is 0.517.